The van der Waals surface area contributed by atoms with Gasteiger partial charge >= 0.3 is 0 Å². The minimum absolute atomic E-state index is 0.0592. The highest BCUT2D eigenvalue weighted by molar-refractivity contribution is 6.15. The van der Waals surface area contributed by atoms with Crippen molar-refractivity contribution >= 4 is 33.6 Å². The van der Waals surface area contributed by atoms with Crippen LogP contribution in [0.25, 0.3) is 21.9 Å². The summed E-state index contributed by atoms with van der Waals surface area (Å²) in [4.78, 5) is 26.1. The van der Waals surface area contributed by atoms with E-state index in [1.54, 1.807) is 36.4 Å². The van der Waals surface area contributed by atoms with Crippen LogP contribution in [0, 0.1) is 0 Å². The largest absolute Gasteiger partial charge is 0.495 e. The number of nitrogens with two attached hydrogens (primary N) is 1. The topological polar surface area (TPSA) is 105 Å². The Morgan fingerprint density at radius 2 is 1.70 bits per heavy atom. The molecule has 0 aliphatic rings. The number of carbonyl (C=O) groups is 1. The molecule has 4 rings (SSSR count). The summed E-state index contributed by atoms with van der Waals surface area (Å²) < 4.78 is 21.9. The van der Waals surface area contributed by atoms with E-state index in [1.807, 2.05) is 0 Å². The quantitative estimate of drug-likeness (QED) is 0.553. The second kappa shape index (κ2) is 6.21. The minimum atomic E-state index is -0.596. The van der Waals surface area contributed by atoms with Gasteiger partial charge in [-0.2, -0.15) is 0 Å². The highest BCUT2D eigenvalue weighted by Gasteiger charge is 2.28. The van der Waals surface area contributed by atoms with Crippen LogP contribution in [0.1, 0.15) is 15.9 Å². The van der Waals surface area contributed by atoms with Crippen LogP contribution in [-0.4, -0.2) is 20.0 Å². The van der Waals surface area contributed by atoms with Gasteiger partial charge in [0.15, 0.2) is 11.2 Å². The summed E-state index contributed by atoms with van der Waals surface area (Å²) in [6.45, 7) is 0. The van der Waals surface area contributed by atoms with E-state index in [0.29, 0.717) is 16.5 Å². The number of hydrogen-bond acceptors (Lipinski definition) is 7. The average Bonchev–Trinajstić information content (AvgIpc) is 3.16. The van der Waals surface area contributed by atoms with Crippen molar-refractivity contribution in [1.29, 1.82) is 0 Å². The molecule has 7 heteroatoms. The fourth-order valence-electron chi connectivity index (χ4n) is 3.17. The van der Waals surface area contributed by atoms with Gasteiger partial charge in [0, 0.05) is 5.56 Å². The van der Waals surface area contributed by atoms with Crippen molar-refractivity contribution in [2.75, 3.05) is 20.0 Å². The van der Waals surface area contributed by atoms with Crippen molar-refractivity contribution < 1.29 is 23.1 Å². The summed E-state index contributed by atoms with van der Waals surface area (Å²) >= 11 is 0. The third-order valence-electron chi connectivity index (χ3n) is 4.36. The van der Waals surface area contributed by atoms with Crippen molar-refractivity contribution in [3.05, 3.63) is 64.0 Å². The molecule has 2 aromatic carbocycles. The zero-order valence-electron chi connectivity index (χ0n) is 14.6. The third-order valence-corrected chi connectivity index (χ3v) is 4.36. The van der Waals surface area contributed by atoms with Gasteiger partial charge in [-0.15, -0.1) is 0 Å². The Balaban J connectivity index is 2.14. The number of ketones is 1. The van der Waals surface area contributed by atoms with Gasteiger partial charge in [0.2, 0.25) is 22.8 Å². The van der Waals surface area contributed by atoms with E-state index >= 15 is 0 Å². The standard InChI is InChI=1S/C20H15NO6/c1-24-16-11-8-9-26-17(11)19(25-2)18-13(16)15(23)12(20(21)27-18)14(22)10-6-4-3-5-7-10/h3-9H,21H2,1-2H3. The van der Waals surface area contributed by atoms with E-state index < -0.39 is 11.2 Å². The SMILES string of the molecule is COc1c2occc2c(OC)c2c(=O)c(C(=O)c3ccccc3)c(N)oc12. The fourth-order valence-corrected chi connectivity index (χ4v) is 3.17. The highest BCUT2D eigenvalue weighted by Crippen LogP contribution is 2.42. The first-order valence-corrected chi connectivity index (χ1v) is 8.05. The first-order chi connectivity index (χ1) is 13.1. The molecule has 4 aromatic rings. The average molecular weight is 365 g/mol. The lowest BCUT2D eigenvalue weighted by molar-refractivity contribution is 0.103. The number of rotatable bonds is 4. The van der Waals surface area contributed by atoms with E-state index in [0.717, 1.165) is 0 Å². The molecule has 27 heavy (non-hydrogen) atoms. The van der Waals surface area contributed by atoms with Gasteiger partial charge < -0.3 is 24.0 Å². The summed E-state index contributed by atoms with van der Waals surface area (Å²) in [5, 5.41) is 0.591. The first kappa shape index (κ1) is 16.7. The molecule has 0 spiro atoms. The van der Waals surface area contributed by atoms with Crippen LogP contribution in [0.5, 0.6) is 11.5 Å². The molecule has 0 saturated carbocycles. The van der Waals surface area contributed by atoms with E-state index in [1.165, 1.54) is 20.5 Å². The van der Waals surface area contributed by atoms with E-state index in [9.17, 15) is 9.59 Å². The first-order valence-electron chi connectivity index (χ1n) is 8.05. The lowest BCUT2D eigenvalue weighted by Gasteiger charge is -2.12. The molecular weight excluding hydrogens is 350 g/mol. The predicted octanol–water partition coefficient (Wildman–Crippen LogP) is 3.37. The van der Waals surface area contributed by atoms with Gasteiger partial charge in [-0.05, 0) is 6.07 Å². The summed E-state index contributed by atoms with van der Waals surface area (Å²) in [6.07, 6.45) is 1.44. The van der Waals surface area contributed by atoms with Crippen molar-refractivity contribution in [2.24, 2.45) is 0 Å². The Kier molecular flexibility index (Phi) is 3.84. The van der Waals surface area contributed by atoms with Crippen LogP contribution in [0.3, 0.4) is 0 Å². The van der Waals surface area contributed by atoms with Gasteiger partial charge in [0.05, 0.1) is 25.9 Å². The maximum absolute atomic E-state index is 13.3. The molecule has 0 amide bonds. The van der Waals surface area contributed by atoms with Crippen molar-refractivity contribution in [2.45, 2.75) is 0 Å². The molecule has 0 fully saturated rings. The molecule has 7 nitrogen and oxygen atoms in total. The van der Waals surface area contributed by atoms with Crippen LogP contribution in [-0.2, 0) is 0 Å². The molecule has 136 valence electrons. The van der Waals surface area contributed by atoms with Gasteiger partial charge in [0.25, 0.3) is 0 Å². The zero-order chi connectivity index (χ0) is 19.1. The van der Waals surface area contributed by atoms with Gasteiger partial charge in [-0.1, -0.05) is 30.3 Å². The Labute approximate surface area is 152 Å². The Bertz CT molecular complexity index is 1240. The molecule has 0 unspecified atom stereocenters. The Hall–Kier alpha value is -3.74. The van der Waals surface area contributed by atoms with Crippen LogP contribution < -0.4 is 20.6 Å². The second-order valence-electron chi connectivity index (χ2n) is 5.80. The number of ether oxygens (including phenoxy) is 2. The van der Waals surface area contributed by atoms with Gasteiger partial charge in [0.1, 0.15) is 16.7 Å². The fraction of sp³-hybridized carbons (Fsp3) is 0.100. The summed E-state index contributed by atoms with van der Waals surface area (Å²) in [7, 11) is 2.84. The zero-order valence-corrected chi connectivity index (χ0v) is 14.6. The van der Waals surface area contributed by atoms with Crippen molar-refractivity contribution in [1.82, 2.24) is 0 Å². The van der Waals surface area contributed by atoms with Gasteiger partial charge in [-0.25, -0.2) is 0 Å². The molecule has 2 heterocycles. The van der Waals surface area contributed by atoms with Crippen molar-refractivity contribution in [3.63, 3.8) is 0 Å². The monoisotopic (exact) mass is 365 g/mol. The molecule has 2 aromatic heterocycles. The third kappa shape index (κ3) is 2.36. The normalized spacial score (nSPS) is 11.0. The smallest absolute Gasteiger partial charge is 0.210 e. The number of methoxy groups -OCH3 is 2. The molecule has 0 radical (unpaired) electrons. The van der Waals surface area contributed by atoms with Crippen molar-refractivity contribution in [3.8, 4) is 11.5 Å². The number of nitrogen functional groups attached to an aromatic ring is 1. The summed E-state index contributed by atoms with van der Waals surface area (Å²) in [5.41, 5.74) is 5.83. The summed E-state index contributed by atoms with van der Waals surface area (Å²) in [6, 6.07) is 10.0. The molecule has 0 aliphatic heterocycles. The maximum atomic E-state index is 13.3. The highest BCUT2D eigenvalue weighted by atomic mass is 16.5. The van der Waals surface area contributed by atoms with E-state index in [-0.39, 0.29) is 33.9 Å². The van der Waals surface area contributed by atoms with Crippen LogP contribution >= 0.6 is 0 Å². The molecule has 0 saturated heterocycles. The number of benzene rings is 2. The van der Waals surface area contributed by atoms with Crippen LogP contribution in [0.15, 0.2) is 56.3 Å². The number of furan rings is 1. The van der Waals surface area contributed by atoms with Crippen LogP contribution in [0.2, 0.25) is 0 Å². The molecule has 0 atom stereocenters. The van der Waals surface area contributed by atoms with E-state index in [4.69, 9.17) is 24.0 Å². The number of fused-ring (bicyclic) bond motifs is 2. The lowest BCUT2D eigenvalue weighted by Crippen LogP contribution is -2.19. The van der Waals surface area contributed by atoms with Crippen LogP contribution in [0.4, 0.5) is 5.88 Å². The molecule has 2 N–H and O–H groups in total. The molecule has 0 bridgehead atoms. The molecular formula is C20H15NO6. The lowest BCUT2D eigenvalue weighted by atomic mass is 10.0. The number of anilines is 1. The Morgan fingerprint density at radius 3 is 2.37 bits per heavy atom. The number of hydrogen-bond donors (Lipinski definition) is 1. The number of carbonyl (C=O) groups excluding carboxylic acids is 1. The van der Waals surface area contributed by atoms with E-state index in [2.05, 4.69) is 0 Å². The Morgan fingerprint density at radius 1 is 1.00 bits per heavy atom. The minimum Gasteiger partial charge on any atom is -0.495 e. The summed E-state index contributed by atoms with van der Waals surface area (Å²) in [5.74, 6) is -0.400. The second-order valence-corrected chi connectivity index (χ2v) is 5.80. The van der Waals surface area contributed by atoms with Gasteiger partial charge in [-0.3, -0.25) is 9.59 Å². The maximum Gasteiger partial charge on any atom is 0.210 e. The molecule has 0 aliphatic carbocycles. The predicted molar refractivity (Wildman–Crippen MR) is 99.6 cm³/mol.